The van der Waals surface area contributed by atoms with Crippen molar-refractivity contribution in [3.63, 3.8) is 0 Å². The topological polar surface area (TPSA) is 49.5 Å². The number of fused-ring (bicyclic) bond motifs is 2. The molecule has 3 atom stereocenters. The standard InChI is InChI=1S/C18H20F2N2O2/c1-10-16(9-22-11-5-6-12(22)8-13(23)7-11)21-18(24-10)14-3-2-4-15(19)17(14)20/h2-4,11-13,23H,5-9H2,1H3/t11-,12+,13?. The zero-order valence-corrected chi connectivity index (χ0v) is 13.5. The number of oxazole rings is 1. The number of aryl methyl sites for hydroxylation is 1. The quantitative estimate of drug-likeness (QED) is 0.934. The average molecular weight is 334 g/mol. The Hall–Kier alpha value is -1.79. The number of piperidine rings is 1. The highest BCUT2D eigenvalue weighted by molar-refractivity contribution is 5.54. The van der Waals surface area contributed by atoms with E-state index in [0.29, 0.717) is 24.4 Å². The van der Waals surface area contributed by atoms with Gasteiger partial charge in [-0.15, -0.1) is 0 Å². The first-order valence-electron chi connectivity index (χ1n) is 8.37. The van der Waals surface area contributed by atoms with Crippen LogP contribution in [0.15, 0.2) is 22.6 Å². The van der Waals surface area contributed by atoms with Crippen molar-refractivity contribution in [1.82, 2.24) is 9.88 Å². The normalized spacial score (nSPS) is 26.9. The summed E-state index contributed by atoms with van der Waals surface area (Å²) in [5.41, 5.74) is 0.795. The molecule has 1 aromatic heterocycles. The van der Waals surface area contributed by atoms with Crippen molar-refractivity contribution in [1.29, 1.82) is 0 Å². The highest BCUT2D eigenvalue weighted by Crippen LogP contribution is 2.37. The Kier molecular flexibility index (Phi) is 3.89. The van der Waals surface area contributed by atoms with Crippen LogP contribution in [-0.2, 0) is 6.54 Å². The fourth-order valence-electron chi connectivity index (χ4n) is 4.04. The molecule has 0 saturated carbocycles. The maximum Gasteiger partial charge on any atom is 0.229 e. The molecule has 1 unspecified atom stereocenters. The second kappa shape index (κ2) is 5.93. The van der Waals surface area contributed by atoms with Gasteiger partial charge in [0.15, 0.2) is 11.6 Å². The van der Waals surface area contributed by atoms with Crippen LogP contribution in [0.3, 0.4) is 0 Å². The minimum atomic E-state index is -0.938. The SMILES string of the molecule is Cc1oc(-c2cccc(F)c2F)nc1CN1[C@@H]2CC[C@H]1CC(O)C2. The summed E-state index contributed by atoms with van der Waals surface area (Å²) < 4.78 is 33.0. The van der Waals surface area contributed by atoms with Crippen molar-refractivity contribution in [2.45, 2.75) is 57.3 Å². The van der Waals surface area contributed by atoms with E-state index in [0.717, 1.165) is 37.4 Å². The lowest BCUT2D eigenvalue weighted by atomic mass is 9.99. The van der Waals surface area contributed by atoms with E-state index >= 15 is 0 Å². The number of aliphatic hydroxyl groups is 1. The number of halogens is 2. The summed E-state index contributed by atoms with van der Waals surface area (Å²) >= 11 is 0. The number of aliphatic hydroxyl groups excluding tert-OH is 1. The number of hydrogen-bond donors (Lipinski definition) is 1. The van der Waals surface area contributed by atoms with Crippen LogP contribution >= 0.6 is 0 Å². The smallest absolute Gasteiger partial charge is 0.229 e. The predicted octanol–water partition coefficient (Wildman–Crippen LogP) is 3.42. The van der Waals surface area contributed by atoms with Gasteiger partial charge in [-0.05, 0) is 44.7 Å². The first-order chi connectivity index (χ1) is 11.5. The van der Waals surface area contributed by atoms with Gasteiger partial charge in [-0.25, -0.2) is 13.8 Å². The molecule has 1 N–H and O–H groups in total. The Morgan fingerprint density at radius 3 is 2.67 bits per heavy atom. The molecule has 2 aliphatic heterocycles. The fourth-order valence-corrected chi connectivity index (χ4v) is 4.04. The molecule has 2 aromatic rings. The number of rotatable bonds is 3. The minimum absolute atomic E-state index is 0.0430. The first kappa shape index (κ1) is 15.7. The predicted molar refractivity (Wildman–Crippen MR) is 84.2 cm³/mol. The van der Waals surface area contributed by atoms with E-state index in [2.05, 4.69) is 9.88 Å². The molecule has 0 amide bonds. The average Bonchev–Trinajstić information content (AvgIpc) is 3.01. The second-order valence-electron chi connectivity index (χ2n) is 6.81. The molecule has 1 aromatic carbocycles. The van der Waals surface area contributed by atoms with E-state index in [1.54, 1.807) is 6.92 Å². The molecule has 0 radical (unpaired) electrons. The van der Waals surface area contributed by atoms with Crippen LogP contribution in [0, 0.1) is 18.6 Å². The van der Waals surface area contributed by atoms with E-state index < -0.39 is 11.6 Å². The van der Waals surface area contributed by atoms with E-state index in [1.165, 1.54) is 12.1 Å². The van der Waals surface area contributed by atoms with Crippen LogP contribution in [0.5, 0.6) is 0 Å². The summed E-state index contributed by atoms with van der Waals surface area (Å²) in [6.07, 6.45) is 3.54. The van der Waals surface area contributed by atoms with Crippen LogP contribution in [0.2, 0.25) is 0 Å². The van der Waals surface area contributed by atoms with Gasteiger partial charge in [0.2, 0.25) is 5.89 Å². The molecule has 0 aliphatic carbocycles. The van der Waals surface area contributed by atoms with Gasteiger partial charge in [0.25, 0.3) is 0 Å². The maximum absolute atomic E-state index is 14.0. The molecule has 2 aliphatic rings. The largest absolute Gasteiger partial charge is 0.441 e. The van der Waals surface area contributed by atoms with Crippen molar-refractivity contribution in [2.24, 2.45) is 0 Å². The lowest BCUT2D eigenvalue weighted by Gasteiger charge is -2.36. The molecule has 24 heavy (non-hydrogen) atoms. The van der Waals surface area contributed by atoms with E-state index in [4.69, 9.17) is 4.42 Å². The summed E-state index contributed by atoms with van der Waals surface area (Å²) in [5.74, 6) is -1.11. The van der Waals surface area contributed by atoms with Gasteiger partial charge in [-0.1, -0.05) is 6.07 Å². The van der Waals surface area contributed by atoms with Gasteiger partial charge in [-0.2, -0.15) is 0 Å². The number of nitrogens with zero attached hydrogens (tertiary/aromatic N) is 2. The maximum atomic E-state index is 14.0. The van der Waals surface area contributed by atoms with Gasteiger partial charge in [-0.3, -0.25) is 4.90 Å². The van der Waals surface area contributed by atoms with Crippen molar-refractivity contribution in [3.05, 3.63) is 41.3 Å². The monoisotopic (exact) mass is 334 g/mol. The summed E-state index contributed by atoms with van der Waals surface area (Å²) in [6.45, 7) is 2.41. The zero-order chi connectivity index (χ0) is 16.8. The first-order valence-corrected chi connectivity index (χ1v) is 8.37. The summed E-state index contributed by atoms with van der Waals surface area (Å²) in [7, 11) is 0. The molecule has 2 fully saturated rings. The number of benzene rings is 1. The van der Waals surface area contributed by atoms with Gasteiger partial charge < -0.3 is 9.52 Å². The molecule has 2 bridgehead atoms. The highest BCUT2D eigenvalue weighted by atomic mass is 19.2. The van der Waals surface area contributed by atoms with Crippen LogP contribution in [-0.4, -0.2) is 33.2 Å². The minimum Gasteiger partial charge on any atom is -0.441 e. The van der Waals surface area contributed by atoms with Crippen molar-refractivity contribution >= 4 is 0 Å². The molecular formula is C18H20F2N2O2. The van der Waals surface area contributed by atoms with Crippen LogP contribution in [0.25, 0.3) is 11.5 Å². The fraction of sp³-hybridized carbons (Fsp3) is 0.500. The van der Waals surface area contributed by atoms with E-state index in [1.807, 2.05) is 0 Å². The van der Waals surface area contributed by atoms with Gasteiger partial charge in [0, 0.05) is 18.6 Å². The molecule has 3 heterocycles. The number of hydrogen-bond acceptors (Lipinski definition) is 4. The van der Waals surface area contributed by atoms with Gasteiger partial charge >= 0.3 is 0 Å². The molecule has 2 saturated heterocycles. The summed E-state index contributed by atoms with van der Waals surface area (Å²) in [4.78, 5) is 6.78. The lowest BCUT2D eigenvalue weighted by Crippen LogP contribution is -2.44. The van der Waals surface area contributed by atoms with Gasteiger partial charge in [0.05, 0.1) is 17.4 Å². The van der Waals surface area contributed by atoms with Crippen LogP contribution in [0.1, 0.15) is 37.1 Å². The summed E-state index contributed by atoms with van der Waals surface area (Å²) in [5, 5.41) is 9.90. The van der Waals surface area contributed by atoms with Crippen molar-refractivity contribution in [3.8, 4) is 11.5 Å². The molecule has 128 valence electrons. The molecule has 4 rings (SSSR count). The Morgan fingerprint density at radius 2 is 1.96 bits per heavy atom. The highest BCUT2D eigenvalue weighted by Gasteiger charge is 2.40. The molecule has 6 heteroatoms. The van der Waals surface area contributed by atoms with Crippen molar-refractivity contribution in [2.75, 3.05) is 0 Å². The Balaban J connectivity index is 1.60. The third-order valence-corrected chi connectivity index (χ3v) is 5.27. The van der Waals surface area contributed by atoms with Gasteiger partial charge in [0.1, 0.15) is 5.76 Å². The lowest BCUT2D eigenvalue weighted by molar-refractivity contribution is 0.0302. The van der Waals surface area contributed by atoms with Crippen LogP contribution in [0.4, 0.5) is 8.78 Å². The number of aromatic nitrogens is 1. The molecular weight excluding hydrogens is 314 g/mol. The Bertz CT molecular complexity index is 747. The third-order valence-electron chi connectivity index (χ3n) is 5.27. The zero-order valence-electron chi connectivity index (χ0n) is 13.5. The van der Waals surface area contributed by atoms with Crippen LogP contribution < -0.4 is 0 Å². The second-order valence-corrected chi connectivity index (χ2v) is 6.81. The Morgan fingerprint density at radius 1 is 1.25 bits per heavy atom. The third kappa shape index (κ3) is 2.63. The summed E-state index contributed by atoms with van der Waals surface area (Å²) in [6, 6.07) is 4.72. The van der Waals surface area contributed by atoms with E-state index in [-0.39, 0.29) is 17.6 Å². The molecule has 4 nitrogen and oxygen atoms in total. The van der Waals surface area contributed by atoms with E-state index in [9.17, 15) is 13.9 Å². The Labute approximate surface area is 139 Å². The van der Waals surface area contributed by atoms with Crippen molar-refractivity contribution < 1.29 is 18.3 Å². The molecule has 0 spiro atoms.